The van der Waals surface area contributed by atoms with E-state index in [1.54, 1.807) is 26.2 Å². The third-order valence-corrected chi connectivity index (χ3v) is 2.62. The SMILES string of the molecule is COc1cncc(OC)c1CC(C)(C)C(=O)O. The number of ether oxygens (including phenoxy) is 2. The van der Waals surface area contributed by atoms with Gasteiger partial charge in [0.25, 0.3) is 0 Å². The number of rotatable bonds is 5. The minimum absolute atomic E-state index is 0.317. The molecule has 0 atom stereocenters. The van der Waals surface area contributed by atoms with Crippen LogP contribution in [-0.4, -0.2) is 30.3 Å². The van der Waals surface area contributed by atoms with Gasteiger partial charge >= 0.3 is 5.97 Å². The summed E-state index contributed by atoms with van der Waals surface area (Å²) >= 11 is 0. The Morgan fingerprint density at radius 3 is 2.12 bits per heavy atom. The van der Waals surface area contributed by atoms with Gasteiger partial charge in [-0.2, -0.15) is 0 Å². The number of nitrogens with zero attached hydrogens (tertiary/aromatic N) is 1. The van der Waals surface area contributed by atoms with Gasteiger partial charge in [-0.15, -0.1) is 0 Å². The van der Waals surface area contributed by atoms with Crippen LogP contribution in [0.4, 0.5) is 0 Å². The molecule has 5 nitrogen and oxygen atoms in total. The fourth-order valence-electron chi connectivity index (χ4n) is 1.49. The van der Waals surface area contributed by atoms with E-state index in [0.717, 1.165) is 5.56 Å². The number of carboxylic acids is 1. The van der Waals surface area contributed by atoms with E-state index in [1.807, 2.05) is 0 Å². The highest BCUT2D eigenvalue weighted by Crippen LogP contribution is 2.33. The molecule has 17 heavy (non-hydrogen) atoms. The molecule has 94 valence electrons. The first kappa shape index (κ1) is 13.3. The Balaban J connectivity index is 3.16. The van der Waals surface area contributed by atoms with E-state index in [9.17, 15) is 4.79 Å². The average Bonchev–Trinajstić information content (AvgIpc) is 2.28. The summed E-state index contributed by atoms with van der Waals surface area (Å²) in [5, 5.41) is 9.13. The number of hydrogen-bond donors (Lipinski definition) is 1. The van der Waals surface area contributed by atoms with Crippen LogP contribution in [0.1, 0.15) is 19.4 Å². The van der Waals surface area contributed by atoms with E-state index in [2.05, 4.69) is 4.98 Å². The molecule has 1 rings (SSSR count). The van der Waals surface area contributed by atoms with Gasteiger partial charge in [0.15, 0.2) is 0 Å². The zero-order chi connectivity index (χ0) is 13.1. The number of methoxy groups -OCH3 is 2. The van der Waals surface area contributed by atoms with Gasteiger partial charge in [0.1, 0.15) is 11.5 Å². The molecule has 1 N–H and O–H groups in total. The Kier molecular flexibility index (Phi) is 3.93. The van der Waals surface area contributed by atoms with Crippen LogP contribution in [0, 0.1) is 5.41 Å². The molecular formula is C12H17NO4. The lowest BCUT2D eigenvalue weighted by molar-refractivity contribution is -0.146. The Hall–Kier alpha value is -1.78. The van der Waals surface area contributed by atoms with E-state index < -0.39 is 11.4 Å². The fourth-order valence-corrected chi connectivity index (χ4v) is 1.49. The maximum Gasteiger partial charge on any atom is 0.309 e. The maximum atomic E-state index is 11.1. The summed E-state index contributed by atoms with van der Waals surface area (Å²) in [6.45, 7) is 3.32. The van der Waals surface area contributed by atoms with Crippen molar-refractivity contribution in [2.45, 2.75) is 20.3 Å². The summed E-state index contributed by atoms with van der Waals surface area (Å²) < 4.78 is 10.4. The molecule has 1 aromatic rings. The van der Waals surface area contributed by atoms with E-state index >= 15 is 0 Å². The van der Waals surface area contributed by atoms with Crippen molar-refractivity contribution in [3.05, 3.63) is 18.0 Å². The first-order valence-electron chi connectivity index (χ1n) is 5.20. The number of aromatic nitrogens is 1. The van der Waals surface area contributed by atoms with Gasteiger partial charge in [-0.3, -0.25) is 9.78 Å². The number of aliphatic carboxylic acids is 1. The monoisotopic (exact) mass is 239 g/mol. The Labute approximate surface area is 100 Å². The van der Waals surface area contributed by atoms with Crippen LogP contribution in [0.2, 0.25) is 0 Å². The van der Waals surface area contributed by atoms with Gasteiger partial charge in [0.2, 0.25) is 0 Å². The fraction of sp³-hybridized carbons (Fsp3) is 0.500. The second-order valence-electron chi connectivity index (χ2n) is 4.39. The molecule has 1 heterocycles. The number of carbonyl (C=O) groups is 1. The van der Waals surface area contributed by atoms with E-state index in [-0.39, 0.29) is 0 Å². The molecule has 0 aromatic carbocycles. The zero-order valence-corrected chi connectivity index (χ0v) is 10.5. The van der Waals surface area contributed by atoms with Crippen LogP contribution in [-0.2, 0) is 11.2 Å². The standard InChI is InChI=1S/C12H17NO4/c1-12(2,11(14)15)5-8-9(16-3)6-13-7-10(8)17-4/h6-7H,5H2,1-4H3,(H,14,15). The van der Waals surface area contributed by atoms with E-state index in [4.69, 9.17) is 14.6 Å². The number of hydrogen-bond acceptors (Lipinski definition) is 4. The third-order valence-electron chi connectivity index (χ3n) is 2.62. The van der Waals surface area contributed by atoms with Crippen molar-refractivity contribution >= 4 is 5.97 Å². The smallest absolute Gasteiger partial charge is 0.309 e. The second-order valence-corrected chi connectivity index (χ2v) is 4.39. The quantitative estimate of drug-likeness (QED) is 0.847. The summed E-state index contributed by atoms with van der Waals surface area (Å²) in [4.78, 5) is 15.1. The molecule has 5 heteroatoms. The van der Waals surface area contributed by atoms with Crippen molar-refractivity contribution in [3.63, 3.8) is 0 Å². The lowest BCUT2D eigenvalue weighted by atomic mass is 9.85. The van der Waals surface area contributed by atoms with Crippen molar-refractivity contribution in [2.75, 3.05) is 14.2 Å². The van der Waals surface area contributed by atoms with Gasteiger partial charge in [-0.1, -0.05) is 0 Å². The summed E-state index contributed by atoms with van der Waals surface area (Å²) in [6, 6.07) is 0. The molecule has 0 amide bonds. The van der Waals surface area contributed by atoms with Crippen LogP contribution in [0.5, 0.6) is 11.5 Å². The molecule has 0 unspecified atom stereocenters. The largest absolute Gasteiger partial charge is 0.495 e. The molecule has 0 saturated carbocycles. The van der Waals surface area contributed by atoms with Crippen LogP contribution in [0.25, 0.3) is 0 Å². The highest BCUT2D eigenvalue weighted by Gasteiger charge is 2.30. The van der Waals surface area contributed by atoms with Crippen LogP contribution in [0.3, 0.4) is 0 Å². The van der Waals surface area contributed by atoms with Crippen molar-refractivity contribution in [2.24, 2.45) is 5.41 Å². The molecule has 0 spiro atoms. The Morgan fingerprint density at radius 2 is 1.76 bits per heavy atom. The topological polar surface area (TPSA) is 68.7 Å². The zero-order valence-electron chi connectivity index (χ0n) is 10.5. The van der Waals surface area contributed by atoms with Crippen LogP contribution >= 0.6 is 0 Å². The first-order valence-corrected chi connectivity index (χ1v) is 5.20. The predicted octanol–water partition coefficient (Wildman–Crippen LogP) is 1.75. The third kappa shape index (κ3) is 2.87. The lowest BCUT2D eigenvalue weighted by Crippen LogP contribution is -2.26. The van der Waals surface area contributed by atoms with Crippen molar-refractivity contribution in [1.29, 1.82) is 0 Å². The molecular weight excluding hydrogens is 222 g/mol. The molecule has 0 aliphatic heterocycles. The van der Waals surface area contributed by atoms with Gasteiger partial charge in [-0.05, 0) is 20.3 Å². The Bertz CT molecular complexity index is 393. The van der Waals surface area contributed by atoms with Crippen molar-refractivity contribution in [3.8, 4) is 11.5 Å². The van der Waals surface area contributed by atoms with Gasteiger partial charge in [0.05, 0.1) is 32.0 Å². The summed E-state index contributed by atoms with van der Waals surface area (Å²) in [5.74, 6) is 0.218. The molecule has 0 fully saturated rings. The van der Waals surface area contributed by atoms with Crippen molar-refractivity contribution in [1.82, 2.24) is 4.98 Å². The lowest BCUT2D eigenvalue weighted by Gasteiger charge is -2.21. The highest BCUT2D eigenvalue weighted by molar-refractivity contribution is 5.74. The van der Waals surface area contributed by atoms with Gasteiger partial charge in [-0.25, -0.2) is 0 Å². The molecule has 0 bridgehead atoms. The van der Waals surface area contributed by atoms with Gasteiger partial charge < -0.3 is 14.6 Å². The molecule has 0 saturated heterocycles. The maximum absolute atomic E-state index is 11.1. The highest BCUT2D eigenvalue weighted by atomic mass is 16.5. The Morgan fingerprint density at radius 1 is 1.29 bits per heavy atom. The van der Waals surface area contributed by atoms with Crippen LogP contribution in [0.15, 0.2) is 12.4 Å². The number of carboxylic acid groups (broad SMARTS) is 1. The normalized spacial score (nSPS) is 11.1. The van der Waals surface area contributed by atoms with E-state index in [1.165, 1.54) is 14.2 Å². The summed E-state index contributed by atoms with van der Waals surface area (Å²) in [7, 11) is 3.04. The molecule has 1 aromatic heterocycles. The van der Waals surface area contributed by atoms with Crippen LogP contribution < -0.4 is 9.47 Å². The predicted molar refractivity (Wildman–Crippen MR) is 62.5 cm³/mol. The minimum atomic E-state index is -0.887. The van der Waals surface area contributed by atoms with E-state index in [0.29, 0.717) is 17.9 Å². The van der Waals surface area contributed by atoms with Gasteiger partial charge in [0, 0.05) is 5.56 Å². The van der Waals surface area contributed by atoms with Crippen molar-refractivity contribution < 1.29 is 19.4 Å². The molecule has 0 aliphatic rings. The molecule has 0 radical (unpaired) electrons. The number of pyridine rings is 1. The average molecular weight is 239 g/mol. The summed E-state index contributed by atoms with van der Waals surface area (Å²) in [5.41, 5.74) is -0.167. The first-order chi connectivity index (χ1) is 7.92. The minimum Gasteiger partial charge on any atom is -0.495 e. The summed E-state index contributed by atoms with van der Waals surface area (Å²) in [6.07, 6.45) is 3.42. The molecule has 0 aliphatic carbocycles. The second kappa shape index (κ2) is 5.03.